The monoisotopic (exact) mass is 291 g/mol. The number of pyridine rings is 1. The molecule has 2 aromatic rings. The van der Waals surface area contributed by atoms with Crippen LogP contribution < -0.4 is 10.5 Å². The summed E-state index contributed by atoms with van der Waals surface area (Å²) in [6.45, 7) is 5.61. The van der Waals surface area contributed by atoms with Crippen molar-refractivity contribution < 1.29 is 8.42 Å². The molecule has 0 radical (unpaired) electrons. The fraction of sp³-hybridized carbons (Fsp3) is 0.214. The third-order valence-corrected chi connectivity index (χ3v) is 4.53. The van der Waals surface area contributed by atoms with Crippen molar-refractivity contribution in [1.29, 1.82) is 0 Å². The maximum Gasteiger partial charge on any atom is 0.263 e. The number of aromatic nitrogens is 1. The molecule has 0 aliphatic rings. The van der Waals surface area contributed by atoms with Crippen LogP contribution in [0.3, 0.4) is 0 Å². The van der Waals surface area contributed by atoms with Crippen molar-refractivity contribution in [2.24, 2.45) is 0 Å². The van der Waals surface area contributed by atoms with Gasteiger partial charge in [0.1, 0.15) is 5.82 Å². The van der Waals surface area contributed by atoms with Crippen molar-refractivity contribution in [2.75, 3.05) is 10.5 Å². The minimum Gasteiger partial charge on any atom is -0.397 e. The number of nitrogens with one attached hydrogen (secondary N) is 1. The summed E-state index contributed by atoms with van der Waals surface area (Å²) in [5.41, 5.74) is 8.94. The highest BCUT2D eigenvalue weighted by atomic mass is 32.2. The van der Waals surface area contributed by atoms with E-state index in [0.29, 0.717) is 5.69 Å². The van der Waals surface area contributed by atoms with E-state index in [2.05, 4.69) is 9.71 Å². The van der Waals surface area contributed by atoms with Crippen molar-refractivity contribution in [3.8, 4) is 0 Å². The molecule has 0 saturated carbocycles. The molecule has 0 fully saturated rings. The van der Waals surface area contributed by atoms with Gasteiger partial charge in [0, 0.05) is 0 Å². The summed E-state index contributed by atoms with van der Waals surface area (Å²) >= 11 is 0. The van der Waals surface area contributed by atoms with E-state index in [0.717, 1.165) is 16.7 Å². The van der Waals surface area contributed by atoms with Gasteiger partial charge < -0.3 is 5.73 Å². The first-order valence-corrected chi connectivity index (χ1v) is 7.60. The second-order valence-electron chi connectivity index (χ2n) is 4.78. The van der Waals surface area contributed by atoms with Crippen molar-refractivity contribution in [1.82, 2.24) is 4.98 Å². The van der Waals surface area contributed by atoms with Crippen LogP contribution in [-0.4, -0.2) is 13.4 Å². The number of nitrogens with zero attached hydrogens (tertiary/aromatic N) is 1. The van der Waals surface area contributed by atoms with E-state index < -0.39 is 10.0 Å². The molecule has 0 atom stereocenters. The molecule has 1 aromatic carbocycles. The summed E-state index contributed by atoms with van der Waals surface area (Å²) in [5.74, 6) is 0.259. The zero-order chi connectivity index (χ0) is 14.9. The molecular formula is C14H17N3O2S. The summed E-state index contributed by atoms with van der Waals surface area (Å²) in [4.78, 5) is 4.19. The van der Waals surface area contributed by atoms with Crippen molar-refractivity contribution >= 4 is 21.5 Å². The highest BCUT2D eigenvalue weighted by Gasteiger charge is 2.15. The fourth-order valence-electron chi connectivity index (χ4n) is 1.70. The lowest BCUT2D eigenvalue weighted by atomic mass is 10.1. The van der Waals surface area contributed by atoms with E-state index in [1.807, 2.05) is 13.8 Å². The molecule has 1 aromatic heterocycles. The molecule has 20 heavy (non-hydrogen) atoms. The first-order chi connectivity index (χ1) is 9.29. The number of benzene rings is 1. The Morgan fingerprint density at radius 2 is 1.75 bits per heavy atom. The number of hydrogen-bond acceptors (Lipinski definition) is 4. The SMILES string of the molecule is Cc1ccc(S(=O)(=O)Nc2cc(C)c(N)cn2)cc1C. The summed E-state index contributed by atoms with van der Waals surface area (Å²) in [5, 5.41) is 0. The Labute approximate surface area is 118 Å². The van der Waals surface area contributed by atoms with Crippen LogP contribution in [0.25, 0.3) is 0 Å². The van der Waals surface area contributed by atoms with Gasteiger partial charge in [0.2, 0.25) is 0 Å². The molecule has 3 N–H and O–H groups in total. The van der Waals surface area contributed by atoms with Gasteiger partial charge in [-0.25, -0.2) is 13.4 Å². The van der Waals surface area contributed by atoms with E-state index in [9.17, 15) is 8.42 Å². The van der Waals surface area contributed by atoms with Crippen LogP contribution in [0.15, 0.2) is 35.4 Å². The minimum atomic E-state index is -3.64. The van der Waals surface area contributed by atoms with Gasteiger partial charge in [-0.3, -0.25) is 4.72 Å². The number of nitrogen functional groups attached to an aromatic ring is 1. The number of rotatable bonds is 3. The summed E-state index contributed by atoms with van der Waals surface area (Å²) < 4.78 is 27.0. The van der Waals surface area contributed by atoms with Gasteiger partial charge in [-0.15, -0.1) is 0 Å². The molecule has 0 unspecified atom stereocenters. The fourth-order valence-corrected chi connectivity index (χ4v) is 2.78. The highest BCUT2D eigenvalue weighted by molar-refractivity contribution is 7.92. The number of nitrogens with two attached hydrogens (primary N) is 1. The van der Waals surface area contributed by atoms with Gasteiger partial charge in [-0.1, -0.05) is 6.07 Å². The van der Waals surface area contributed by atoms with Crippen molar-refractivity contribution in [3.05, 3.63) is 47.2 Å². The van der Waals surface area contributed by atoms with E-state index >= 15 is 0 Å². The summed E-state index contributed by atoms with van der Waals surface area (Å²) in [6.07, 6.45) is 1.44. The summed E-state index contributed by atoms with van der Waals surface area (Å²) in [6, 6.07) is 6.61. The molecule has 0 saturated heterocycles. The molecule has 0 aliphatic carbocycles. The van der Waals surface area contributed by atoms with Crippen LogP contribution >= 0.6 is 0 Å². The Bertz CT molecular complexity index is 755. The second-order valence-corrected chi connectivity index (χ2v) is 6.46. The Morgan fingerprint density at radius 3 is 2.35 bits per heavy atom. The lowest BCUT2D eigenvalue weighted by Gasteiger charge is -2.10. The van der Waals surface area contributed by atoms with Gasteiger partial charge in [0.05, 0.1) is 16.8 Å². The number of hydrogen-bond donors (Lipinski definition) is 2. The van der Waals surface area contributed by atoms with Crippen LogP contribution in [0.4, 0.5) is 11.5 Å². The van der Waals surface area contributed by atoms with Gasteiger partial charge in [-0.05, 0) is 55.7 Å². The average Bonchev–Trinajstić information content (AvgIpc) is 2.37. The van der Waals surface area contributed by atoms with Gasteiger partial charge in [-0.2, -0.15) is 0 Å². The molecule has 106 valence electrons. The minimum absolute atomic E-state index is 0.219. The topological polar surface area (TPSA) is 85.1 Å². The van der Waals surface area contributed by atoms with Crippen LogP contribution in [0.1, 0.15) is 16.7 Å². The zero-order valence-electron chi connectivity index (χ0n) is 11.6. The summed E-state index contributed by atoms with van der Waals surface area (Å²) in [7, 11) is -3.64. The van der Waals surface area contributed by atoms with Crippen molar-refractivity contribution in [3.63, 3.8) is 0 Å². The molecule has 0 aliphatic heterocycles. The number of sulfonamides is 1. The lowest BCUT2D eigenvalue weighted by Crippen LogP contribution is -2.14. The third kappa shape index (κ3) is 2.91. The molecular weight excluding hydrogens is 274 g/mol. The van der Waals surface area contributed by atoms with E-state index in [1.165, 1.54) is 6.20 Å². The van der Waals surface area contributed by atoms with Gasteiger partial charge in [0.15, 0.2) is 0 Å². The van der Waals surface area contributed by atoms with Crippen LogP contribution in [0.5, 0.6) is 0 Å². The maximum atomic E-state index is 12.3. The predicted molar refractivity (Wildman–Crippen MR) is 80.1 cm³/mol. The van der Waals surface area contributed by atoms with E-state index in [4.69, 9.17) is 5.73 Å². The van der Waals surface area contributed by atoms with Gasteiger partial charge >= 0.3 is 0 Å². The Kier molecular flexibility index (Phi) is 3.67. The first kappa shape index (κ1) is 14.3. The Balaban J connectivity index is 2.35. The molecule has 0 bridgehead atoms. The lowest BCUT2D eigenvalue weighted by molar-refractivity contribution is 0.601. The normalized spacial score (nSPS) is 11.3. The number of anilines is 2. The Morgan fingerprint density at radius 1 is 1.05 bits per heavy atom. The molecule has 6 heteroatoms. The van der Waals surface area contributed by atoms with E-state index in [-0.39, 0.29) is 10.7 Å². The van der Waals surface area contributed by atoms with E-state index in [1.54, 1.807) is 31.2 Å². The first-order valence-electron chi connectivity index (χ1n) is 6.12. The van der Waals surface area contributed by atoms with Gasteiger partial charge in [0.25, 0.3) is 10.0 Å². The van der Waals surface area contributed by atoms with Crippen LogP contribution in [0.2, 0.25) is 0 Å². The Hall–Kier alpha value is -2.08. The smallest absolute Gasteiger partial charge is 0.263 e. The molecule has 2 rings (SSSR count). The zero-order valence-corrected chi connectivity index (χ0v) is 12.5. The molecule has 0 amide bonds. The maximum absolute atomic E-state index is 12.3. The molecule has 5 nitrogen and oxygen atoms in total. The van der Waals surface area contributed by atoms with Crippen molar-refractivity contribution in [2.45, 2.75) is 25.7 Å². The average molecular weight is 291 g/mol. The largest absolute Gasteiger partial charge is 0.397 e. The standard InChI is InChI=1S/C14H17N3O2S/c1-9-4-5-12(6-10(9)2)20(18,19)17-14-7-11(3)13(15)8-16-14/h4-8H,15H2,1-3H3,(H,16,17). The highest BCUT2D eigenvalue weighted by Crippen LogP contribution is 2.19. The second kappa shape index (κ2) is 5.13. The van der Waals surface area contributed by atoms with Crippen LogP contribution in [0, 0.1) is 20.8 Å². The van der Waals surface area contributed by atoms with Crippen LogP contribution in [-0.2, 0) is 10.0 Å². The molecule has 0 spiro atoms. The number of aryl methyl sites for hydroxylation is 3. The predicted octanol–water partition coefficient (Wildman–Crippen LogP) is 2.39. The third-order valence-electron chi connectivity index (χ3n) is 3.18. The molecule has 1 heterocycles. The quantitative estimate of drug-likeness (QED) is 0.909.